The summed E-state index contributed by atoms with van der Waals surface area (Å²) >= 11 is 0. The fourth-order valence-corrected chi connectivity index (χ4v) is 2.20. The molecule has 1 aromatic rings. The molecular formula is C15H24FNO2. The van der Waals surface area contributed by atoms with Crippen molar-refractivity contribution in [3.05, 3.63) is 35.6 Å². The van der Waals surface area contributed by atoms with E-state index in [4.69, 9.17) is 5.11 Å². The maximum Gasteiger partial charge on any atom is 0.123 e. The van der Waals surface area contributed by atoms with E-state index in [1.807, 2.05) is 0 Å². The molecule has 0 aliphatic carbocycles. The third-order valence-corrected chi connectivity index (χ3v) is 3.24. The summed E-state index contributed by atoms with van der Waals surface area (Å²) in [6.07, 6.45) is 2.21. The van der Waals surface area contributed by atoms with Gasteiger partial charge in [-0.1, -0.05) is 25.5 Å². The van der Waals surface area contributed by atoms with Gasteiger partial charge in [0, 0.05) is 13.2 Å². The van der Waals surface area contributed by atoms with E-state index in [1.165, 1.54) is 12.1 Å². The molecule has 3 N–H and O–H groups in total. The van der Waals surface area contributed by atoms with Crippen LogP contribution in [0.3, 0.4) is 0 Å². The standard InChI is InChI=1S/C15H24FNO2/c1-2-4-12(7-8-18)10-17-11-15(19)13-5-3-6-14(16)9-13/h3,5-6,9,12,15,17-19H,2,4,7-8,10-11H2,1H3. The second kappa shape index (κ2) is 9.02. The monoisotopic (exact) mass is 269 g/mol. The van der Waals surface area contributed by atoms with E-state index in [9.17, 15) is 9.50 Å². The minimum absolute atomic E-state index is 0.193. The highest BCUT2D eigenvalue weighted by Gasteiger charge is 2.10. The Bertz CT molecular complexity index is 354. The van der Waals surface area contributed by atoms with Crippen LogP contribution < -0.4 is 5.32 Å². The van der Waals surface area contributed by atoms with Crippen LogP contribution in [0.5, 0.6) is 0 Å². The molecule has 0 heterocycles. The zero-order valence-corrected chi connectivity index (χ0v) is 11.5. The second-order valence-electron chi connectivity index (χ2n) is 4.90. The summed E-state index contributed by atoms with van der Waals surface area (Å²) in [6.45, 7) is 3.47. The predicted molar refractivity (Wildman–Crippen MR) is 74.3 cm³/mol. The van der Waals surface area contributed by atoms with Crippen molar-refractivity contribution in [2.45, 2.75) is 32.3 Å². The van der Waals surface area contributed by atoms with Gasteiger partial charge >= 0.3 is 0 Å². The molecule has 0 bridgehead atoms. The molecule has 0 aliphatic heterocycles. The van der Waals surface area contributed by atoms with Crippen LogP contribution in [-0.4, -0.2) is 29.9 Å². The molecule has 1 aromatic carbocycles. The lowest BCUT2D eigenvalue weighted by Gasteiger charge is -2.18. The molecule has 0 radical (unpaired) electrons. The molecule has 2 atom stereocenters. The van der Waals surface area contributed by atoms with Crippen molar-refractivity contribution in [2.24, 2.45) is 5.92 Å². The lowest BCUT2D eigenvalue weighted by atomic mass is 10.00. The number of nitrogens with one attached hydrogen (secondary N) is 1. The van der Waals surface area contributed by atoms with Crippen LogP contribution >= 0.6 is 0 Å². The van der Waals surface area contributed by atoms with Crippen molar-refractivity contribution < 1.29 is 14.6 Å². The van der Waals surface area contributed by atoms with E-state index in [2.05, 4.69) is 12.2 Å². The van der Waals surface area contributed by atoms with E-state index in [0.29, 0.717) is 18.0 Å². The highest BCUT2D eigenvalue weighted by molar-refractivity contribution is 5.18. The maximum atomic E-state index is 13.0. The minimum Gasteiger partial charge on any atom is -0.396 e. The average molecular weight is 269 g/mol. The van der Waals surface area contributed by atoms with Crippen molar-refractivity contribution in [1.82, 2.24) is 5.32 Å². The minimum atomic E-state index is -0.702. The Kier molecular flexibility index (Phi) is 7.63. The van der Waals surface area contributed by atoms with Gasteiger partial charge in [-0.3, -0.25) is 0 Å². The molecule has 0 amide bonds. The molecule has 0 aliphatic rings. The normalized spacial score (nSPS) is 14.3. The Balaban J connectivity index is 2.35. The first-order valence-electron chi connectivity index (χ1n) is 6.92. The first-order valence-corrected chi connectivity index (χ1v) is 6.92. The Morgan fingerprint density at radius 2 is 2.05 bits per heavy atom. The smallest absolute Gasteiger partial charge is 0.123 e. The molecule has 3 nitrogen and oxygen atoms in total. The zero-order valence-electron chi connectivity index (χ0n) is 11.5. The van der Waals surface area contributed by atoms with Gasteiger partial charge < -0.3 is 15.5 Å². The summed E-state index contributed by atoms with van der Waals surface area (Å²) < 4.78 is 13.0. The Labute approximate surface area is 114 Å². The Morgan fingerprint density at radius 3 is 2.68 bits per heavy atom. The van der Waals surface area contributed by atoms with Crippen molar-refractivity contribution in [3.63, 3.8) is 0 Å². The molecule has 0 aromatic heterocycles. The van der Waals surface area contributed by atoms with Gasteiger partial charge in [0.1, 0.15) is 5.82 Å². The van der Waals surface area contributed by atoms with Crippen molar-refractivity contribution >= 4 is 0 Å². The highest BCUT2D eigenvalue weighted by Crippen LogP contribution is 2.14. The summed E-state index contributed by atoms with van der Waals surface area (Å²) in [7, 11) is 0. The molecule has 0 saturated heterocycles. The quantitative estimate of drug-likeness (QED) is 0.644. The summed E-state index contributed by atoms with van der Waals surface area (Å²) in [5, 5.41) is 22.1. The SMILES string of the molecule is CCCC(CCO)CNCC(O)c1cccc(F)c1. The number of aliphatic hydroxyl groups excluding tert-OH is 2. The third kappa shape index (κ3) is 6.14. The zero-order chi connectivity index (χ0) is 14.1. The summed E-state index contributed by atoms with van der Waals surface area (Å²) in [6, 6.07) is 6.03. The van der Waals surface area contributed by atoms with Gasteiger partial charge in [-0.2, -0.15) is 0 Å². The van der Waals surface area contributed by atoms with E-state index in [1.54, 1.807) is 12.1 Å². The highest BCUT2D eigenvalue weighted by atomic mass is 19.1. The fraction of sp³-hybridized carbons (Fsp3) is 0.600. The molecule has 1 rings (SSSR count). The van der Waals surface area contributed by atoms with E-state index in [-0.39, 0.29) is 12.4 Å². The first kappa shape index (κ1) is 16.1. The number of aliphatic hydroxyl groups is 2. The van der Waals surface area contributed by atoms with Crippen LogP contribution in [0, 0.1) is 11.7 Å². The lowest BCUT2D eigenvalue weighted by molar-refractivity contribution is 0.169. The van der Waals surface area contributed by atoms with Gasteiger partial charge in [-0.15, -0.1) is 0 Å². The first-order chi connectivity index (χ1) is 9.17. The summed E-state index contributed by atoms with van der Waals surface area (Å²) in [4.78, 5) is 0. The topological polar surface area (TPSA) is 52.5 Å². The van der Waals surface area contributed by atoms with E-state index < -0.39 is 6.10 Å². The van der Waals surface area contributed by atoms with Gasteiger partial charge in [0.25, 0.3) is 0 Å². The summed E-state index contributed by atoms with van der Waals surface area (Å²) in [5.74, 6) is 0.0930. The molecular weight excluding hydrogens is 245 g/mol. The van der Waals surface area contributed by atoms with Gasteiger partial charge in [-0.05, 0) is 43.0 Å². The third-order valence-electron chi connectivity index (χ3n) is 3.24. The Hall–Kier alpha value is -0.970. The molecule has 4 heteroatoms. The number of benzene rings is 1. The lowest BCUT2D eigenvalue weighted by Crippen LogP contribution is -2.28. The maximum absolute atomic E-state index is 13.0. The summed E-state index contributed by atoms with van der Waals surface area (Å²) in [5.41, 5.74) is 0.585. The van der Waals surface area contributed by atoms with Gasteiger partial charge in [0.2, 0.25) is 0 Å². The van der Waals surface area contributed by atoms with Crippen molar-refractivity contribution in [2.75, 3.05) is 19.7 Å². The Morgan fingerprint density at radius 1 is 1.26 bits per heavy atom. The number of hydrogen-bond acceptors (Lipinski definition) is 3. The largest absolute Gasteiger partial charge is 0.396 e. The second-order valence-corrected chi connectivity index (χ2v) is 4.90. The number of halogens is 1. The van der Waals surface area contributed by atoms with E-state index in [0.717, 1.165) is 25.8 Å². The van der Waals surface area contributed by atoms with Crippen LogP contribution in [0.15, 0.2) is 24.3 Å². The van der Waals surface area contributed by atoms with Crippen LogP contribution in [0.1, 0.15) is 37.9 Å². The average Bonchev–Trinajstić information content (AvgIpc) is 2.39. The van der Waals surface area contributed by atoms with Crippen LogP contribution in [0.25, 0.3) is 0 Å². The fourth-order valence-electron chi connectivity index (χ4n) is 2.20. The molecule has 0 spiro atoms. The molecule has 108 valence electrons. The number of rotatable bonds is 9. The molecule has 0 saturated carbocycles. The van der Waals surface area contributed by atoms with Gasteiger partial charge in [0.05, 0.1) is 6.10 Å². The van der Waals surface area contributed by atoms with Crippen molar-refractivity contribution in [3.8, 4) is 0 Å². The molecule has 2 unspecified atom stereocenters. The van der Waals surface area contributed by atoms with Crippen molar-refractivity contribution in [1.29, 1.82) is 0 Å². The number of hydrogen-bond donors (Lipinski definition) is 3. The van der Waals surface area contributed by atoms with Gasteiger partial charge in [0.15, 0.2) is 0 Å². The van der Waals surface area contributed by atoms with Gasteiger partial charge in [-0.25, -0.2) is 4.39 Å². The van der Waals surface area contributed by atoms with Crippen LogP contribution in [0.2, 0.25) is 0 Å². The van der Waals surface area contributed by atoms with Crippen LogP contribution in [0.4, 0.5) is 4.39 Å². The van der Waals surface area contributed by atoms with Crippen LogP contribution in [-0.2, 0) is 0 Å². The predicted octanol–water partition coefficient (Wildman–Crippen LogP) is 2.25. The molecule has 19 heavy (non-hydrogen) atoms. The van der Waals surface area contributed by atoms with E-state index >= 15 is 0 Å². The molecule has 0 fully saturated rings.